The number of unbranched alkanes of at least 4 members (excludes halogenated alkanes) is 1. The SMILES string of the molecule is CCCC[C@]1(CC)CS(=O)(=O)c2ccc(N(C)C)cc2[C@@H](c2cccc(NC(=O)N[C@@H]3O[C@H](COS(=O)(=O)[O-])[C@@H](O)[C@H](C)[C@H]3O)c2)[C@H]1O.[NH4+]. The van der Waals surface area contributed by atoms with Gasteiger partial charge in [0.25, 0.3) is 0 Å². The number of hydrogen-bond donors (Lipinski definition) is 6. The van der Waals surface area contributed by atoms with Gasteiger partial charge in [-0.05, 0) is 54.3 Å². The zero-order chi connectivity index (χ0) is 35.6. The lowest BCUT2D eigenvalue weighted by atomic mass is 9.69. The van der Waals surface area contributed by atoms with Crippen LogP contribution in [0.3, 0.4) is 0 Å². The van der Waals surface area contributed by atoms with Gasteiger partial charge in [-0.15, -0.1) is 0 Å². The van der Waals surface area contributed by atoms with Gasteiger partial charge in [0.15, 0.2) is 16.1 Å². The fourth-order valence-corrected chi connectivity index (χ4v) is 9.24. The predicted octanol–water partition coefficient (Wildman–Crippen LogP) is 2.68. The molecule has 0 saturated carbocycles. The molecule has 0 aromatic heterocycles. The number of nitrogens with zero attached hydrogens (tertiary/aromatic N) is 1. The molecule has 2 amide bonds. The van der Waals surface area contributed by atoms with Crippen LogP contribution in [0, 0.1) is 11.3 Å². The number of benzene rings is 2. The molecule has 1 fully saturated rings. The molecule has 2 heterocycles. The number of fused-ring (bicyclic) bond motifs is 1. The highest BCUT2D eigenvalue weighted by Crippen LogP contribution is 2.49. The Labute approximate surface area is 288 Å². The van der Waals surface area contributed by atoms with Crippen molar-refractivity contribution in [2.45, 2.75) is 87.9 Å². The van der Waals surface area contributed by atoms with E-state index < -0.39 is 80.8 Å². The van der Waals surface area contributed by atoms with E-state index in [0.29, 0.717) is 29.7 Å². The standard InChI is InChI=1S/C32H47N3O11S2.H3N/c1-6-8-14-32(7-2)18-47(40,41)25-13-12-22(35(4)5)16-23(25)26(29(32)38)20-10-9-11-21(15-20)33-31(39)34-30-28(37)19(3)27(36)24(46-30)17-45-48(42,43)44;/h9-13,15-16,19,24,26-30,36-38H,6-8,14,17-18H2,1-5H3,(H2,33,34,39)(H,42,43,44);1H3/t19-,24+,26+,27-,28+,29+,30+,32+;/m0./s1. The number of amides is 2. The molecule has 15 nitrogen and oxygen atoms in total. The number of carbonyl (C=O) groups is 1. The molecule has 49 heavy (non-hydrogen) atoms. The normalized spacial score (nSPS) is 29.5. The Hall–Kier alpha value is -2.87. The van der Waals surface area contributed by atoms with Crippen molar-refractivity contribution >= 4 is 37.6 Å². The number of ether oxygens (including phenoxy) is 1. The van der Waals surface area contributed by atoms with E-state index in [0.717, 1.165) is 18.5 Å². The minimum Gasteiger partial charge on any atom is -0.726 e. The Morgan fingerprint density at radius 2 is 1.82 bits per heavy atom. The number of carbonyl (C=O) groups excluding carboxylic acids is 1. The van der Waals surface area contributed by atoms with E-state index in [1.807, 2.05) is 32.8 Å². The molecule has 8 atom stereocenters. The van der Waals surface area contributed by atoms with Gasteiger partial charge in [0.2, 0.25) is 10.4 Å². The summed E-state index contributed by atoms with van der Waals surface area (Å²) in [6.07, 6.45) is -4.10. The third-order valence-electron chi connectivity index (χ3n) is 9.58. The second-order valence-corrected chi connectivity index (χ2v) is 16.0. The molecule has 276 valence electrons. The average molecular weight is 731 g/mol. The predicted molar refractivity (Wildman–Crippen MR) is 183 cm³/mol. The number of nitrogens with one attached hydrogen (secondary N) is 2. The first-order chi connectivity index (χ1) is 22.4. The van der Waals surface area contributed by atoms with Gasteiger partial charge in [0.1, 0.15) is 12.2 Å². The Balaban J connectivity index is 0.00000650. The number of aliphatic hydroxyl groups is 3. The lowest BCUT2D eigenvalue weighted by Gasteiger charge is -2.41. The van der Waals surface area contributed by atoms with Gasteiger partial charge in [-0.3, -0.25) is 4.18 Å². The molecule has 4 rings (SSSR count). The van der Waals surface area contributed by atoms with Crippen molar-refractivity contribution in [1.82, 2.24) is 11.5 Å². The maximum Gasteiger partial charge on any atom is 0.321 e. The summed E-state index contributed by atoms with van der Waals surface area (Å²) in [7, 11) is -5.19. The fraction of sp³-hybridized carbons (Fsp3) is 0.594. The number of quaternary nitrogens is 1. The highest BCUT2D eigenvalue weighted by atomic mass is 32.3. The van der Waals surface area contributed by atoms with Crippen molar-refractivity contribution in [3.8, 4) is 0 Å². The van der Waals surface area contributed by atoms with E-state index in [1.165, 1.54) is 6.92 Å². The van der Waals surface area contributed by atoms with Crippen LogP contribution in [0.5, 0.6) is 0 Å². The minimum absolute atomic E-state index is 0. The van der Waals surface area contributed by atoms with Crippen molar-refractivity contribution in [3.63, 3.8) is 0 Å². The topological polar surface area (TPSA) is 251 Å². The van der Waals surface area contributed by atoms with E-state index in [-0.39, 0.29) is 16.8 Å². The van der Waals surface area contributed by atoms with Crippen LogP contribution in [-0.2, 0) is 29.2 Å². The largest absolute Gasteiger partial charge is 0.726 e. The van der Waals surface area contributed by atoms with Crippen LogP contribution in [0.4, 0.5) is 16.2 Å². The zero-order valence-corrected chi connectivity index (χ0v) is 30.3. The molecule has 0 aliphatic carbocycles. The third-order valence-corrected chi connectivity index (χ3v) is 12.0. The van der Waals surface area contributed by atoms with Gasteiger partial charge in [-0.2, -0.15) is 0 Å². The molecular formula is C32H50N4O11S2. The molecule has 0 unspecified atom stereocenters. The van der Waals surface area contributed by atoms with Crippen LogP contribution in [0.15, 0.2) is 47.4 Å². The summed E-state index contributed by atoms with van der Waals surface area (Å²) >= 11 is 0. The first kappa shape index (κ1) is 40.6. The maximum atomic E-state index is 13.9. The highest BCUT2D eigenvalue weighted by Gasteiger charge is 2.49. The summed E-state index contributed by atoms with van der Waals surface area (Å²) in [6.45, 7) is 4.55. The summed E-state index contributed by atoms with van der Waals surface area (Å²) in [5, 5.41) is 38.4. The Kier molecular flexibility index (Phi) is 13.2. The number of sulfone groups is 1. The first-order valence-corrected chi connectivity index (χ1v) is 18.9. The third kappa shape index (κ3) is 9.08. The lowest BCUT2D eigenvalue weighted by molar-refractivity contribution is -0.207. The molecule has 2 aliphatic rings. The number of hydrogen-bond acceptors (Lipinski definition) is 12. The fourth-order valence-electron chi connectivity index (χ4n) is 6.68. The van der Waals surface area contributed by atoms with Crippen LogP contribution >= 0.6 is 0 Å². The quantitative estimate of drug-likeness (QED) is 0.144. The first-order valence-electron chi connectivity index (χ1n) is 15.9. The van der Waals surface area contributed by atoms with Crippen molar-refractivity contribution in [1.29, 1.82) is 0 Å². The van der Waals surface area contributed by atoms with Crippen LogP contribution < -0.4 is 21.7 Å². The second-order valence-electron chi connectivity index (χ2n) is 13.0. The van der Waals surface area contributed by atoms with E-state index in [9.17, 15) is 41.5 Å². The van der Waals surface area contributed by atoms with Gasteiger partial charge in [-0.25, -0.2) is 21.6 Å². The van der Waals surface area contributed by atoms with Gasteiger partial charge in [0.05, 0.1) is 29.5 Å². The highest BCUT2D eigenvalue weighted by molar-refractivity contribution is 7.91. The minimum atomic E-state index is -5.08. The molecule has 1 saturated heterocycles. The maximum absolute atomic E-state index is 13.9. The summed E-state index contributed by atoms with van der Waals surface area (Å²) in [4.78, 5) is 15.1. The van der Waals surface area contributed by atoms with E-state index >= 15 is 0 Å². The summed E-state index contributed by atoms with van der Waals surface area (Å²) < 4.78 is 70.3. The van der Waals surface area contributed by atoms with Gasteiger partial charge in [-0.1, -0.05) is 45.7 Å². The van der Waals surface area contributed by atoms with Crippen LogP contribution in [0.1, 0.15) is 63.5 Å². The lowest BCUT2D eigenvalue weighted by Crippen LogP contribution is -2.60. The van der Waals surface area contributed by atoms with Crippen LogP contribution in [0.2, 0.25) is 0 Å². The van der Waals surface area contributed by atoms with Gasteiger partial charge < -0.3 is 46.3 Å². The van der Waals surface area contributed by atoms with Crippen molar-refractivity contribution < 1.29 is 50.4 Å². The molecule has 0 spiro atoms. The Morgan fingerprint density at radius 1 is 1.12 bits per heavy atom. The van der Waals surface area contributed by atoms with Crippen molar-refractivity contribution in [2.75, 3.05) is 36.7 Å². The summed E-state index contributed by atoms with van der Waals surface area (Å²) in [5.41, 5.74) is 1.15. The summed E-state index contributed by atoms with van der Waals surface area (Å²) in [5.74, 6) is -1.85. The molecule has 9 N–H and O–H groups in total. The molecule has 2 aromatic carbocycles. The molecule has 0 radical (unpaired) electrons. The number of rotatable bonds is 11. The Bertz CT molecular complexity index is 1670. The summed E-state index contributed by atoms with van der Waals surface area (Å²) in [6, 6.07) is 11.0. The molecule has 2 aliphatic heterocycles. The van der Waals surface area contributed by atoms with Gasteiger partial charge >= 0.3 is 6.03 Å². The average Bonchev–Trinajstić information content (AvgIpc) is 3.09. The molecule has 17 heteroatoms. The van der Waals surface area contributed by atoms with Crippen molar-refractivity contribution in [3.05, 3.63) is 53.6 Å². The van der Waals surface area contributed by atoms with E-state index in [2.05, 4.69) is 14.8 Å². The van der Waals surface area contributed by atoms with Crippen LogP contribution in [0.25, 0.3) is 0 Å². The molecular weight excluding hydrogens is 681 g/mol. The van der Waals surface area contributed by atoms with Crippen molar-refractivity contribution in [2.24, 2.45) is 11.3 Å². The number of urea groups is 1. The molecule has 2 aromatic rings. The number of aliphatic hydroxyl groups excluding tert-OH is 3. The molecule has 0 bridgehead atoms. The Morgan fingerprint density at radius 3 is 2.43 bits per heavy atom. The zero-order valence-electron chi connectivity index (χ0n) is 28.7. The van der Waals surface area contributed by atoms with Gasteiger partial charge in [0, 0.05) is 42.7 Å². The second kappa shape index (κ2) is 16.0. The smallest absolute Gasteiger partial charge is 0.321 e. The van der Waals surface area contributed by atoms with E-state index in [1.54, 1.807) is 42.5 Å². The number of anilines is 2. The van der Waals surface area contributed by atoms with E-state index in [4.69, 9.17) is 4.74 Å². The van der Waals surface area contributed by atoms with Crippen LogP contribution in [-0.4, -0.2) is 99.8 Å². The monoisotopic (exact) mass is 730 g/mol.